The molecule has 0 radical (unpaired) electrons. The summed E-state index contributed by atoms with van der Waals surface area (Å²) in [5.41, 5.74) is 2.73. The van der Waals surface area contributed by atoms with Crippen molar-refractivity contribution in [2.75, 3.05) is 0 Å². The molecule has 0 aliphatic carbocycles. The first-order valence-electron chi connectivity index (χ1n) is 4.64. The largest absolute Gasteiger partial charge is 0.265 e. The third-order valence-corrected chi connectivity index (χ3v) is 2.25. The lowest BCUT2D eigenvalue weighted by Crippen LogP contribution is -1.89. The molecule has 2 rings (SSSR count). The summed E-state index contributed by atoms with van der Waals surface area (Å²) in [5.74, 6) is 5.85. The second-order valence-corrected chi connectivity index (χ2v) is 3.17. The molecular weight excluding hydrogens is 186 g/mol. The Hall–Kier alpha value is -2.08. The van der Waals surface area contributed by atoms with Crippen LogP contribution < -0.4 is 0 Å². The molecule has 0 atom stereocenters. The molecule has 74 valence electrons. The van der Waals surface area contributed by atoms with Crippen molar-refractivity contribution in [2.45, 2.75) is 6.92 Å². The standard InChI is InChI=1S/C12H11N3/c1-4-6-10-12-9(5-2)7-13-8-11(12)15(3)14-10/h5,7-8H,2H2,1,3H3. The maximum Gasteiger partial charge on any atom is 0.143 e. The van der Waals surface area contributed by atoms with Gasteiger partial charge in [-0.1, -0.05) is 18.6 Å². The van der Waals surface area contributed by atoms with Crippen LogP contribution in [0.2, 0.25) is 0 Å². The molecule has 3 heteroatoms. The van der Waals surface area contributed by atoms with Gasteiger partial charge in [0.15, 0.2) is 0 Å². The normalized spacial score (nSPS) is 9.73. The average molecular weight is 197 g/mol. The number of hydrogen-bond acceptors (Lipinski definition) is 2. The molecule has 0 aliphatic rings. The first kappa shape index (κ1) is 9.47. The Labute approximate surface area is 88.4 Å². The van der Waals surface area contributed by atoms with Gasteiger partial charge in [0.1, 0.15) is 5.69 Å². The summed E-state index contributed by atoms with van der Waals surface area (Å²) in [5, 5.41) is 5.37. The van der Waals surface area contributed by atoms with Crippen molar-refractivity contribution in [2.24, 2.45) is 7.05 Å². The summed E-state index contributed by atoms with van der Waals surface area (Å²) in [6.07, 6.45) is 5.34. The summed E-state index contributed by atoms with van der Waals surface area (Å²) in [6.45, 7) is 5.57. The summed E-state index contributed by atoms with van der Waals surface area (Å²) in [6, 6.07) is 0. The highest BCUT2D eigenvalue weighted by Gasteiger charge is 2.09. The van der Waals surface area contributed by atoms with Crippen LogP contribution in [-0.4, -0.2) is 14.8 Å². The lowest BCUT2D eigenvalue weighted by Gasteiger charge is -1.95. The smallest absolute Gasteiger partial charge is 0.143 e. The molecule has 0 amide bonds. The Morgan fingerprint density at radius 1 is 1.47 bits per heavy atom. The molecule has 2 aromatic rings. The number of aromatic nitrogens is 3. The molecule has 0 bridgehead atoms. The van der Waals surface area contributed by atoms with E-state index in [0.717, 1.165) is 22.2 Å². The number of fused-ring (bicyclic) bond motifs is 1. The minimum atomic E-state index is 0.785. The third-order valence-electron chi connectivity index (χ3n) is 2.25. The maximum absolute atomic E-state index is 4.34. The van der Waals surface area contributed by atoms with Gasteiger partial charge in [0.2, 0.25) is 0 Å². The van der Waals surface area contributed by atoms with E-state index in [1.54, 1.807) is 30.1 Å². The van der Waals surface area contributed by atoms with E-state index in [4.69, 9.17) is 0 Å². The molecule has 0 N–H and O–H groups in total. The predicted molar refractivity (Wildman–Crippen MR) is 61.2 cm³/mol. The molecule has 0 fully saturated rings. The van der Waals surface area contributed by atoms with Crippen molar-refractivity contribution >= 4 is 17.0 Å². The summed E-state index contributed by atoms with van der Waals surface area (Å²) in [7, 11) is 1.89. The molecule has 0 spiro atoms. The van der Waals surface area contributed by atoms with Gasteiger partial charge in [0, 0.05) is 24.2 Å². The van der Waals surface area contributed by atoms with Crippen molar-refractivity contribution in [3.63, 3.8) is 0 Å². The van der Waals surface area contributed by atoms with Gasteiger partial charge in [-0.25, -0.2) is 0 Å². The molecule has 3 nitrogen and oxygen atoms in total. The molecular formula is C12H11N3. The first-order chi connectivity index (χ1) is 7.27. The lowest BCUT2D eigenvalue weighted by molar-refractivity contribution is 0.791. The van der Waals surface area contributed by atoms with Crippen LogP contribution in [0.4, 0.5) is 0 Å². The minimum Gasteiger partial charge on any atom is -0.265 e. The van der Waals surface area contributed by atoms with E-state index >= 15 is 0 Å². The number of aryl methyl sites for hydroxylation is 1. The van der Waals surface area contributed by atoms with E-state index in [0.29, 0.717) is 0 Å². The van der Waals surface area contributed by atoms with Crippen molar-refractivity contribution in [1.29, 1.82) is 0 Å². The van der Waals surface area contributed by atoms with Gasteiger partial charge in [-0.2, -0.15) is 5.10 Å². The molecule has 0 aliphatic heterocycles. The highest BCUT2D eigenvalue weighted by atomic mass is 15.3. The second-order valence-electron chi connectivity index (χ2n) is 3.17. The lowest BCUT2D eigenvalue weighted by atomic mass is 10.1. The number of nitrogens with zero attached hydrogens (tertiary/aromatic N) is 3. The first-order valence-corrected chi connectivity index (χ1v) is 4.64. The maximum atomic E-state index is 4.34. The number of hydrogen-bond donors (Lipinski definition) is 0. The SMILES string of the molecule is C=Cc1cncc2c1c(C#CC)nn2C. The van der Waals surface area contributed by atoms with Crippen molar-refractivity contribution < 1.29 is 0 Å². The topological polar surface area (TPSA) is 30.7 Å². The zero-order valence-electron chi connectivity index (χ0n) is 8.78. The zero-order valence-corrected chi connectivity index (χ0v) is 8.78. The van der Waals surface area contributed by atoms with Crippen LogP contribution in [0.25, 0.3) is 17.0 Å². The summed E-state index contributed by atoms with van der Waals surface area (Å²) in [4.78, 5) is 4.14. The van der Waals surface area contributed by atoms with Gasteiger partial charge in [-0.05, 0) is 12.8 Å². The van der Waals surface area contributed by atoms with Crippen LogP contribution >= 0.6 is 0 Å². The quantitative estimate of drug-likeness (QED) is 0.654. The zero-order chi connectivity index (χ0) is 10.8. The average Bonchev–Trinajstić information content (AvgIpc) is 2.57. The minimum absolute atomic E-state index is 0.785. The van der Waals surface area contributed by atoms with Crippen LogP contribution in [0, 0.1) is 11.8 Å². The van der Waals surface area contributed by atoms with Gasteiger partial charge in [0.25, 0.3) is 0 Å². The highest BCUT2D eigenvalue weighted by Crippen LogP contribution is 2.21. The number of rotatable bonds is 1. The Morgan fingerprint density at radius 2 is 2.27 bits per heavy atom. The van der Waals surface area contributed by atoms with Gasteiger partial charge in [0.05, 0.1) is 11.7 Å². The third kappa shape index (κ3) is 1.40. The van der Waals surface area contributed by atoms with Crippen LogP contribution in [0.15, 0.2) is 19.0 Å². The molecule has 0 unspecified atom stereocenters. The van der Waals surface area contributed by atoms with E-state index in [-0.39, 0.29) is 0 Å². The van der Waals surface area contributed by atoms with Crippen molar-refractivity contribution in [3.8, 4) is 11.8 Å². The second kappa shape index (κ2) is 3.58. The van der Waals surface area contributed by atoms with Crippen LogP contribution in [0.1, 0.15) is 18.2 Å². The Bertz CT molecular complexity index is 582. The molecule has 0 saturated carbocycles. The molecule has 0 aromatic carbocycles. The fourth-order valence-corrected chi connectivity index (χ4v) is 1.58. The highest BCUT2D eigenvalue weighted by molar-refractivity contribution is 5.91. The fourth-order valence-electron chi connectivity index (χ4n) is 1.58. The summed E-state index contributed by atoms with van der Waals surface area (Å²) >= 11 is 0. The van der Waals surface area contributed by atoms with Crippen LogP contribution in [0.5, 0.6) is 0 Å². The Morgan fingerprint density at radius 3 is 2.93 bits per heavy atom. The van der Waals surface area contributed by atoms with Crippen LogP contribution in [0.3, 0.4) is 0 Å². The van der Waals surface area contributed by atoms with Crippen molar-refractivity contribution in [1.82, 2.24) is 14.8 Å². The van der Waals surface area contributed by atoms with Gasteiger partial charge < -0.3 is 0 Å². The Kier molecular flexibility index (Phi) is 2.26. The fraction of sp³-hybridized carbons (Fsp3) is 0.167. The van der Waals surface area contributed by atoms with E-state index < -0.39 is 0 Å². The van der Waals surface area contributed by atoms with E-state index in [2.05, 4.69) is 28.5 Å². The predicted octanol–water partition coefficient (Wildman–Crippen LogP) is 1.98. The van der Waals surface area contributed by atoms with Gasteiger partial charge in [-0.3, -0.25) is 9.67 Å². The number of pyridine rings is 1. The molecule has 2 aromatic heterocycles. The Balaban J connectivity index is 2.92. The van der Waals surface area contributed by atoms with Gasteiger partial charge in [-0.15, -0.1) is 0 Å². The van der Waals surface area contributed by atoms with Gasteiger partial charge >= 0.3 is 0 Å². The molecule has 2 heterocycles. The van der Waals surface area contributed by atoms with E-state index in [1.165, 1.54) is 0 Å². The van der Waals surface area contributed by atoms with E-state index in [1.807, 2.05) is 7.05 Å². The van der Waals surface area contributed by atoms with Crippen molar-refractivity contribution in [3.05, 3.63) is 30.2 Å². The molecule has 0 saturated heterocycles. The van der Waals surface area contributed by atoms with Crippen LogP contribution in [-0.2, 0) is 7.05 Å². The molecule has 15 heavy (non-hydrogen) atoms. The monoisotopic (exact) mass is 197 g/mol. The van der Waals surface area contributed by atoms with E-state index in [9.17, 15) is 0 Å². The summed E-state index contributed by atoms with van der Waals surface area (Å²) < 4.78 is 1.79.